The zero-order valence-corrected chi connectivity index (χ0v) is 16.1. The summed E-state index contributed by atoms with van der Waals surface area (Å²) in [7, 11) is 0. The van der Waals surface area contributed by atoms with Gasteiger partial charge in [0.1, 0.15) is 11.5 Å². The summed E-state index contributed by atoms with van der Waals surface area (Å²) in [5, 5.41) is 0. The van der Waals surface area contributed by atoms with Crippen LogP contribution >= 0.6 is 0 Å². The second-order valence-corrected chi connectivity index (χ2v) is 8.58. The van der Waals surface area contributed by atoms with Crippen molar-refractivity contribution in [1.29, 1.82) is 0 Å². The van der Waals surface area contributed by atoms with Crippen LogP contribution in [-0.4, -0.2) is 23.5 Å². The van der Waals surface area contributed by atoms with Gasteiger partial charge in [-0.05, 0) is 45.1 Å². The van der Waals surface area contributed by atoms with Gasteiger partial charge in [0, 0.05) is 6.42 Å². The van der Waals surface area contributed by atoms with Crippen LogP contribution in [0.15, 0.2) is 30.3 Å². The minimum atomic E-state index is -0.794. The molecule has 1 saturated heterocycles. The lowest BCUT2D eigenvalue weighted by atomic mass is 9.76. The van der Waals surface area contributed by atoms with E-state index in [1.165, 1.54) is 6.42 Å². The van der Waals surface area contributed by atoms with E-state index in [0.29, 0.717) is 0 Å². The molecule has 26 heavy (non-hydrogen) atoms. The smallest absolute Gasteiger partial charge is 0.319 e. The number of ether oxygens (including phenoxy) is 2. The summed E-state index contributed by atoms with van der Waals surface area (Å²) in [6, 6.07) is 9.85. The molecule has 3 rings (SSSR count). The molecule has 1 aromatic carbocycles. The molecule has 2 fully saturated rings. The normalized spacial score (nSPS) is 28.0. The second kappa shape index (κ2) is 7.91. The van der Waals surface area contributed by atoms with E-state index in [9.17, 15) is 9.59 Å². The van der Waals surface area contributed by atoms with Crippen LogP contribution in [0.1, 0.15) is 71.0 Å². The Hall–Kier alpha value is -1.68. The molecule has 1 aliphatic carbocycles. The average molecular weight is 358 g/mol. The first-order chi connectivity index (χ1) is 12.3. The van der Waals surface area contributed by atoms with Gasteiger partial charge in [0.05, 0.1) is 12.2 Å². The van der Waals surface area contributed by atoms with Crippen LogP contribution in [-0.2, 0) is 19.1 Å². The first-order valence-corrected chi connectivity index (χ1v) is 9.81. The van der Waals surface area contributed by atoms with Gasteiger partial charge >= 0.3 is 5.97 Å². The van der Waals surface area contributed by atoms with Gasteiger partial charge in [0.2, 0.25) is 0 Å². The molecule has 0 aromatic heterocycles. The molecular formula is C22H30O4. The molecule has 1 aliphatic heterocycles. The van der Waals surface area contributed by atoms with Gasteiger partial charge in [0.15, 0.2) is 5.78 Å². The zero-order chi connectivity index (χ0) is 18.7. The molecule has 4 heteroatoms. The second-order valence-electron chi connectivity index (χ2n) is 8.58. The lowest BCUT2D eigenvalue weighted by Crippen LogP contribution is -2.49. The largest absolute Gasteiger partial charge is 0.459 e. The maximum atomic E-state index is 13.0. The van der Waals surface area contributed by atoms with Gasteiger partial charge < -0.3 is 9.47 Å². The third-order valence-electron chi connectivity index (χ3n) is 5.33. The Kier molecular flexibility index (Phi) is 5.81. The minimum absolute atomic E-state index is 0.0464. The maximum absolute atomic E-state index is 13.0. The third-order valence-corrected chi connectivity index (χ3v) is 5.33. The van der Waals surface area contributed by atoms with Crippen LogP contribution in [0.2, 0.25) is 0 Å². The number of hydrogen-bond donors (Lipinski definition) is 0. The predicted molar refractivity (Wildman–Crippen MR) is 99.6 cm³/mol. The summed E-state index contributed by atoms with van der Waals surface area (Å²) in [5.74, 6) is -1.02. The predicted octanol–water partition coefficient (Wildman–Crippen LogP) is 4.62. The summed E-state index contributed by atoms with van der Waals surface area (Å²) >= 11 is 0. The van der Waals surface area contributed by atoms with Crippen LogP contribution in [0.25, 0.3) is 0 Å². The summed E-state index contributed by atoms with van der Waals surface area (Å²) in [5.41, 5.74) is 0.398. The molecule has 0 bridgehead atoms. The van der Waals surface area contributed by atoms with E-state index in [4.69, 9.17) is 9.47 Å². The van der Waals surface area contributed by atoms with Gasteiger partial charge in [-0.25, -0.2) is 0 Å². The SMILES string of the molecule is CC(C)(C)OC(=O)[C@@H]1C(=O)C[C@@H](c2ccccc2)O[C@H]1C1CCCCC1. The molecule has 3 atom stereocenters. The van der Waals surface area contributed by atoms with Crippen molar-refractivity contribution < 1.29 is 19.1 Å². The lowest BCUT2D eigenvalue weighted by molar-refractivity contribution is -0.183. The van der Waals surface area contributed by atoms with Crippen molar-refractivity contribution in [2.24, 2.45) is 11.8 Å². The standard InChI is InChI=1S/C22H30O4/c1-22(2,3)26-21(24)19-17(23)14-18(15-10-6-4-7-11-15)25-20(19)16-12-8-5-9-13-16/h4,6-7,10-11,16,18-20H,5,8-9,12-14H2,1-3H3/t18-,19+,20-/m0/s1. The van der Waals surface area contributed by atoms with Crippen molar-refractivity contribution in [2.45, 2.75) is 77.1 Å². The molecule has 0 N–H and O–H groups in total. The first-order valence-electron chi connectivity index (χ1n) is 9.81. The highest BCUT2D eigenvalue weighted by molar-refractivity contribution is 6.00. The van der Waals surface area contributed by atoms with Crippen molar-refractivity contribution in [1.82, 2.24) is 0 Å². The topological polar surface area (TPSA) is 52.6 Å². The zero-order valence-electron chi connectivity index (χ0n) is 16.1. The summed E-state index contributed by atoms with van der Waals surface area (Å²) < 4.78 is 12.0. The van der Waals surface area contributed by atoms with Gasteiger partial charge in [-0.3, -0.25) is 9.59 Å². The average Bonchev–Trinajstić information content (AvgIpc) is 2.61. The fourth-order valence-corrected chi connectivity index (χ4v) is 4.15. The van der Waals surface area contributed by atoms with Crippen molar-refractivity contribution in [3.63, 3.8) is 0 Å². The Bertz CT molecular complexity index is 625. The molecule has 4 nitrogen and oxygen atoms in total. The molecule has 0 unspecified atom stereocenters. The summed E-state index contributed by atoms with van der Waals surface area (Å²) in [6.07, 6.45) is 5.10. The number of ketones is 1. The Morgan fingerprint density at radius 3 is 2.35 bits per heavy atom. The molecule has 142 valence electrons. The fraction of sp³-hybridized carbons (Fsp3) is 0.636. The van der Waals surface area contributed by atoms with Gasteiger partial charge in [-0.15, -0.1) is 0 Å². The quantitative estimate of drug-likeness (QED) is 0.584. The monoisotopic (exact) mass is 358 g/mol. The van der Waals surface area contributed by atoms with E-state index in [2.05, 4.69) is 0 Å². The summed E-state index contributed by atoms with van der Waals surface area (Å²) in [6.45, 7) is 5.50. The van der Waals surface area contributed by atoms with E-state index in [-0.39, 0.29) is 30.3 Å². The van der Waals surface area contributed by atoms with Crippen LogP contribution in [0.3, 0.4) is 0 Å². The van der Waals surface area contributed by atoms with Gasteiger partial charge in [-0.2, -0.15) is 0 Å². The molecule has 1 aromatic rings. The van der Waals surface area contributed by atoms with E-state index in [1.807, 2.05) is 51.1 Å². The fourth-order valence-electron chi connectivity index (χ4n) is 4.15. The first kappa shape index (κ1) is 19.1. The molecule has 0 amide bonds. The van der Waals surface area contributed by atoms with Crippen LogP contribution in [0.4, 0.5) is 0 Å². The highest BCUT2D eigenvalue weighted by Gasteiger charge is 2.47. The Morgan fingerprint density at radius 2 is 1.73 bits per heavy atom. The van der Waals surface area contributed by atoms with E-state index < -0.39 is 17.5 Å². The van der Waals surface area contributed by atoms with Crippen molar-refractivity contribution >= 4 is 11.8 Å². The van der Waals surface area contributed by atoms with E-state index in [0.717, 1.165) is 31.2 Å². The molecule has 1 saturated carbocycles. The van der Waals surface area contributed by atoms with E-state index >= 15 is 0 Å². The lowest BCUT2D eigenvalue weighted by Gasteiger charge is -2.40. The van der Waals surface area contributed by atoms with Crippen molar-refractivity contribution in [3.8, 4) is 0 Å². The van der Waals surface area contributed by atoms with Gasteiger partial charge in [0.25, 0.3) is 0 Å². The Morgan fingerprint density at radius 1 is 1.08 bits per heavy atom. The highest BCUT2D eigenvalue weighted by atomic mass is 16.6. The molecular weight excluding hydrogens is 328 g/mol. The highest BCUT2D eigenvalue weighted by Crippen LogP contribution is 2.40. The Balaban J connectivity index is 1.85. The van der Waals surface area contributed by atoms with Gasteiger partial charge in [-0.1, -0.05) is 49.6 Å². The molecule has 0 spiro atoms. The third kappa shape index (κ3) is 4.53. The molecule has 0 radical (unpaired) electrons. The number of Topliss-reactive ketones (excluding diaryl/α,β-unsaturated/α-hetero) is 1. The Labute approximate surface area is 156 Å². The number of benzene rings is 1. The number of rotatable bonds is 3. The maximum Gasteiger partial charge on any atom is 0.319 e. The number of carbonyl (C=O) groups is 2. The number of carbonyl (C=O) groups excluding carboxylic acids is 2. The number of esters is 1. The van der Waals surface area contributed by atoms with Crippen LogP contribution in [0.5, 0.6) is 0 Å². The van der Waals surface area contributed by atoms with Crippen LogP contribution in [0, 0.1) is 11.8 Å². The summed E-state index contributed by atoms with van der Waals surface area (Å²) in [4.78, 5) is 25.8. The van der Waals surface area contributed by atoms with Crippen molar-refractivity contribution in [2.75, 3.05) is 0 Å². The molecule has 2 aliphatic rings. The van der Waals surface area contributed by atoms with E-state index in [1.54, 1.807) is 0 Å². The van der Waals surface area contributed by atoms with Crippen molar-refractivity contribution in [3.05, 3.63) is 35.9 Å². The minimum Gasteiger partial charge on any atom is -0.459 e. The van der Waals surface area contributed by atoms with Crippen LogP contribution < -0.4 is 0 Å². The number of hydrogen-bond acceptors (Lipinski definition) is 4. The molecule has 1 heterocycles.